The summed E-state index contributed by atoms with van der Waals surface area (Å²) in [6.07, 6.45) is 0. The second-order valence-corrected chi connectivity index (χ2v) is 7.15. The number of carbonyl (C=O) groups is 2. The van der Waals surface area contributed by atoms with E-state index in [1.165, 1.54) is 23.1 Å². The molecule has 0 spiro atoms. The fourth-order valence-electron chi connectivity index (χ4n) is 2.14. The zero-order valence-electron chi connectivity index (χ0n) is 13.2. The molecule has 2 rings (SSSR count). The fourth-order valence-corrected chi connectivity index (χ4v) is 3.46. The first kappa shape index (κ1) is 17.4. The van der Waals surface area contributed by atoms with Gasteiger partial charge in [0.15, 0.2) is 4.34 Å². The van der Waals surface area contributed by atoms with Crippen LogP contribution in [-0.4, -0.2) is 34.3 Å². The smallest absolute Gasteiger partial charge is 0.243 e. The van der Waals surface area contributed by atoms with E-state index in [0.717, 1.165) is 26.7 Å². The number of nitrogens with zero attached hydrogens (tertiary/aromatic N) is 2. The molecule has 0 radical (unpaired) electrons. The number of rotatable bonds is 6. The quantitative estimate of drug-likeness (QED) is 0.781. The SMILES string of the molecule is Cc1cc(C)c(NC(=O)CNC(=O)CSc2nncs2)c(C)c1. The first-order valence-corrected chi connectivity index (χ1v) is 8.85. The van der Waals surface area contributed by atoms with E-state index in [9.17, 15) is 9.59 Å². The number of carbonyl (C=O) groups excluding carboxylic acids is 2. The third-order valence-corrected chi connectivity index (χ3v) is 4.91. The Labute approximate surface area is 143 Å². The molecule has 2 amide bonds. The fraction of sp³-hybridized carbons (Fsp3) is 0.333. The summed E-state index contributed by atoms with van der Waals surface area (Å²) in [5, 5.41) is 13.0. The minimum atomic E-state index is -0.241. The minimum absolute atomic E-state index is 0.0533. The Hall–Kier alpha value is -1.93. The first-order chi connectivity index (χ1) is 11.0. The minimum Gasteiger partial charge on any atom is -0.346 e. The number of aryl methyl sites for hydroxylation is 3. The predicted molar refractivity (Wildman–Crippen MR) is 92.9 cm³/mol. The molecular formula is C15H18N4O2S2. The van der Waals surface area contributed by atoms with Crippen LogP contribution >= 0.6 is 23.1 Å². The van der Waals surface area contributed by atoms with E-state index in [2.05, 4.69) is 20.8 Å². The molecule has 2 aromatic rings. The van der Waals surface area contributed by atoms with Gasteiger partial charge >= 0.3 is 0 Å². The van der Waals surface area contributed by atoms with Crippen LogP contribution in [0.2, 0.25) is 0 Å². The number of thioether (sulfide) groups is 1. The van der Waals surface area contributed by atoms with E-state index in [4.69, 9.17) is 0 Å². The zero-order chi connectivity index (χ0) is 16.8. The summed E-state index contributed by atoms with van der Waals surface area (Å²) in [4.78, 5) is 23.7. The average molecular weight is 350 g/mol. The molecule has 0 saturated carbocycles. The van der Waals surface area contributed by atoms with Gasteiger partial charge in [0.05, 0.1) is 12.3 Å². The van der Waals surface area contributed by atoms with Gasteiger partial charge in [-0.2, -0.15) is 0 Å². The largest absolute Gasteiger partial charge is 0.346 e. The van der Waals surface area contributed by atoms with Crippen LogP contribution < -0.4 is 10.6 Å². The lowest BCUT2D eigenvalue weighted by molar-refractivity contribution is -0.122. The molecule has 0 bridgehead atoms. The van der Waals surface area contributed by atoms with Crippen LogP contribution in [0.3, 0.4) is 0 Å². The van der Waals surface area contributed by atoms with Gasteiger partial charge in [0, 0.05) is 5.69 Å². The highest BCUT2D eigenvalue weighted by molar-refractivity contribution is 8.01. The summed E-state index contributed by atoms with van der Waals surface area (Å²) in [6, 6.07) is 4.03. The van der Waals surface area contributed by atoms with Crippen molar-refractivity contribution in [2.24, 2.45) is 0 Å². The maximum atomic E-state index is 12.0. The van der Waals surface area contributed by atoms with Gasteiger partial charge in [-0.15, -0.1) is 10.2 Å². The second-order valence-electron chi connectivity index (χ2n) is 5.09. The molecule has 1 aromatic carbocycles. The summed E-state index contributed by atoms with van der Waals surface area (Å²) < 4.78 is 0.732. The van der Waals surface area contributed by atoms with E-state index >= 15 is 0 Å². The summed E-state index contributed by atoms with van der Waals surface area (Å²) in [6.45, 7) is 5.86. The number of amides is 2. The Bertz CT molecular complexity index is 679. The van der Waals surface area contributed by atoms with E-state index in [0.29, 0.717) is 0 Å². The molecule has 0 unspecified atom stereocenters. The number of hydrogen-bond acceptors (Lipinski definition) is 6. The van der Waals surface area contributed by atoms with Gasteiger partial charge in [-0.05, 0) is 31.9 Å². The molecular weight excluding hydrogens is 332 g/mol. The van der Waals surface area contributed by atoms with Gasteiger partial charge < -0.3 is 10.6 Å². The van der Waals surface area contributed by atoms with E-state index < -0.39 is 0 Å². The van der Waals surface area contributed by atoms with Crippen molar-refractivity contribution in [1.29, 1.82) is 0 Å². The summed E-state index contributed by atoms with van der Waals surface area (Å²) in [7, 11) is 0. The van der Waals surface area contributed by atoms with Crippen molar-refractivity contribution in [3.63, 3.8) is 0 Å². The Kier molecular flexibility index (Phi) is 6.12. The van der Waals surface area contributed by atoms with Crippen LogP contribution in [0.25, 0.3) is 0 Å². The van der Waals surface area contributed by atoms with Crippen LogP contribution in [0.4, 0.5) is 5.69 Å². The molecule has 0 fully saturated rings. The molecule has 2 N–H and O–H groups in total. The molecule has 1 aromatic heterocycles. The van der Waals surface area contributed by atoms with E-state index in [1.54, 1.807) is 5.51 Å². The number of benzene rings is 1. The third-order valence-electron chi connectivity index (χ3n) is 3.05. The molecule has 1 heterocycles. The Balaban J connectivity index is 1.80. The number of aromatic nitrogens is 2. The Morgan fingerprint density at radius 3 is 2.48 bits per heavy atom. The molecule has 6 nitrogen and oxygen atoms in total. The van der Waals surface area contributed by atoms with Crippen LogP contribution in [0.1, 0.15) is 16.7 Å². The first-order valence-electron chi connectivity index (χ1n) is 6.99. The molecule has 0 aliphatic carbocycles. The van der Waals surface area contributed by atoms with Crippen LogP contribution in [0.15, 0.2) is 22.0 Å². The van der Waals surface area contributed by atoms with Crippen LogP contribution in [0.5, 0.6) is 0 Å². The lowest BCUT2D eigenvalue weighted by atomic mass is 10.1. The molecule has 23 heavy (non-hydrogen) atoms. The van der Waals surface area contributed by atoms with Crippen LogP contribution in [0, 0.1) is 20.8 Å². The molecule has 8 heteroatoms. The maximum Gasteiger partial charge on any atom is 0.243 e. The van der Waals surface area contributed by atoms with E-state index in [1.807, 2.05) is 32.9 Å². The van der Waals surface area contributed by atoms with Crippen molar-refractivity contribution in [1.82, 2.24) is 15.5 Å². The number of nitrogens with one attached hydrogen (secondary N) is 2. The highest BCUT2D eigenvalue weighted by Gasteiger charge is 2.10. The highest BCUT2D eigenvalue weighted by Crippen LogP contribution is 2.21. The number of anilines is 1. The van der Waals surface area contributed by atoms with Gasteiger partial charge in [0.25, 0.3) is 0 Å². The molecule has 0 aliphatic heterocycles. The molecule has 0 saturated heterocycles. The van der Waals surface area contributed by atoms with Crippen molar-refractivity contribution in [2.75, 3.05) is 17.6 Å². The Morgan fingerprint density at radius 2 is 1.87 bits per heavy atom. The average Bonchev–Trinajstić information content (AvgIpc) is 3.00. The second kappa shape index (κ2) is 8.07. The monoisotopic (exact) mass is 350 g/mol. The molecule has 0 atom stereocenters. The van der Waals surface area contributed by atoms with Crippen molar-refractivity contribution >= 4 is 40.6 Å². The van der Waals surface area contributed by atoms with Gasteiger partial charge in [-0.25, -0.2) is 0 Å². The van der Waals surface area contributed by atoms with Crippen LogP contribution in [-0.2, 0) is 9.59 Å². The standard InChI is InChI=1S/C15H18N4O2S2/c1-9-4-10(2)14(11(3)5-9)18-12(20)6-16-13(21)7-22-15-19-17-8-23-15/h4-5,8H,6-7H2,1-3H3,(H,16,21)(H,18,20). The zero-order valence-corrected chi connectivity index (χ0v) is 14.8. The van der Waals surface area contributed by atoms with Crippen molar-refractivity contribution < 1.29 is 9.59 Å². The molecule has 122 valence electrons. The van der Waals surface area contributed by atoms with Gasteiger partial charge in [0.2, 0.25) is 11.8 Å². The molecule has 0 aliphatic rings. The predicted octanol–water partition coefficient (Wildman–Crippen LogP) is 2.31. The third kappa shape index (κ3) is 5.33. The van der Waals surface area contributed by atoms with Crippen molar-refractivity contribution in [3.05, 3.63) is 34.3 Å². The van der Waals surface area contributed by atoms with Gasteiger partial charge in [-0.3, -0.25) is 9.59 Å². The number of hydrogen-bond donors (Lipinski definition) is 2. The van der Waals surface area contributed by atoms with Crippen molar-refractivity contribution in [2.45, 2.75) is 25.1 Å². The normalized spacial score (nSPS) is 10.4. The summed E-state index contributed by atoms with van der Waals surface area (Å²) in [5.41, 5.74) is 5.58. The van der Waals surface area contributed by atoms with Gasteiger partial charge in [0.1, 0.15) is 5.51 Å². The summed E-state index contributed by atoms with van der Waals surface area (Å²) >= 11 is 2.68. The topological polar surface area (TPSA) is 84.0 Å². The van der Waals surface area contributed by atoms with Crippen molar-refractivity contribution in [3.8, 4) is 0 Å². The maximum absolute atomic E-state index is 12.0. The van der Waals surface area contributed by atoms with Gasteiger partial charge in [-0.1, -0.05) is 40.8 Å². The van der Waals surface area contributed by atoms with E-state index in [-0.39, 0.29) is 24.1 Å². The highest BCUT2D eigenvalue weighted by atomic mass is 32.2. The Morgan fingerprint density at radius 1 is 1.17 bits per heavy atom. The summed E-state index contributed by atoms with van der Waals surface area (Å²) in [5.74, 6) is -0.238. The lowest BCUT2D eigenvalue weighted by Gasteiger charge is -2.13. The lowest BCUT2D eigenvalue weighted by Crippen LogP contribution is -2.34.